The molecule has 44 heavy (non-hydrogen) atoms. The fourth-order valence-electron chi connectivity index (χ4n) is 4.81. The predicted octanol–water partition coefficient (Wildman–Crippen LogP) is 5.36. The molecule has 1 atom stereocenters. The van der Waals surface area contributed by atoms with E-state index < -0.39 is 11.9 Å². The maximum Gasteiger partial charge on any atom is 0.270 e. The van der Waals surface area contributed by atoms with Crippen LogP contribution in [-0.2, 0) is 25.3 Å². The van der Waals surface area contributed by atoms with E-state index in [-0.39, 0.29) is 18.4 Å². The number of benzene rings is 2. The third kappa shape index (κ3) is 6.81. The van der Waals surface area contributed by atoms with Crippen molar-refractivity contribution >= 4 is 34.9 Å². The minimum absolute atomic E-state index is 0.166. The molecular weight excluding hydrogens is 576 g/mol. The normalized spacial score (nSPS) is 11.8. The number of hydrogen-bond donors (Lipinski definition) is 2. The van der Waals surface area contributed by atoms with Crippen molar-refractivity contribution < 1.29 is 9.59 Å². The lowest BCUT2D eigenvalue weighted by Crippen LogP contribution is -2.45. The first-order chi connectivity index (χ1) is 21.1. The second-order valence-corrected chi connectivity index (χ2v) is 11.3. The van der Waals surface area contributed by atoms with Gasteiger partial charge in [-0.1, -0.05) is 29.8 Å². The summed E-state index contributed by atoms with van der Waals surface area (Å²) in [5.41, 5.74) is 5.46. The Morgan fingerprint density at radius 3 is 2.34 bits per heavy atom. The van der Waals surface area contributed by atoms with Crippen LogP contribution in [0, 0.1) is 0 Å². The molecule has 0 aliphatic heterocycles. The van der Waals surface area contributed by atoms with Crippen LogP contribution in [0.5, 0.6) is 0 Å². The minimum Gasteiger partial charge on any atom is -0.357 e. The predicted molar refractivity (Wildman–Crippen MR) is 174 cm³/mol. The lowest BCUT2D eigenvalue weighted by Gasteiger charge is -2.23. The Kier molecular flexibility index (Phi) is 9.10. The third-order valence-electron chi connectivity index (χ3n) is 7.62. The van der Waals surface area contributed by atoms with Crippen molar-refractivity contribution in [2.75, 3.05) is 17.3 Å². The number of aryl methyl sites for hydroxylation is 2. The summed E-state index contributed by atoms with van der Waals surface area (Å²) in [5, 5.41) is 10.4. The summed E-state index contributed by atoms with van der Waals surface area (Å²) in [6.45, 7) is 4.21. The van der Waals surface area contributed by atoms with Gasteiger partial charge in [0.15, 0.2) is 0 Å². The second-order valence-electron chi connectivity index (χ2n) is 10.9. The maximum absolute atomic E-state index is 13.7. The molecule has 0 aliphatic carbocycles. The zero-order valence-electron chi connectivity index (χ0n) is 25.3. The van der Waals surface area contributed by atoms with E-state index in [0.29, 0.717) is 16.4 Å². The highest BCUT2D eigenvalue weighted by Crippen LogP contribution is 2.29. The summed E-state index contributed by atoms with van der Waals surface area (Å²) in [6, 6.07) is 18.1. The number of anilines is 2. The molecule has 2 N–H and O–H groups in total. The number of aromatic nitrogens is 5. The van der Waals surface area contributed by atoms with Crippen molar-refractivity contribution in [3.8, 4) is 22.4 Å². The van der Waals surface area contributed by atoms with E-state index in [9.17, 15) is 9.59 Å². The Labute approximate surface area is 261 Å². The minimum atomic E-state index is -0.929. The van der Waals surface area contributed by atoms with E-state index in [0.717, 1.165) is 33.8 Å². The Balaban J connectivity index is 1.41. The van der Waals surface area contributed by atoms with Gasteiger partial charge >= 0.3 is 0 Å². The smallest absolute Gasteiger partial charge is 0.270 e. The number of halogens is 1. The van der Waals surface area contributed by atoms with Gasteiger partial charge in [-0.15, -0.1) is 0 Å². The summed E-state index contributed by atoms with van der Waals surface area (Å²) < 4.78 is 3.38. The van der Waals surface area contributed by atoms with E-state index in [1.807, 2.05) is 73.3 Å². The molecule has 0 saturated carbocycles. The van der Waals surface area contributed by atoms with Crippen molar-refractivity contribution in [3.63, 3.8) is 0 Å². The van der Waals surface area contributed by atoms with Crippen LogP contribution in [0.3, 0.4) is 0 Å². The van der Waals surface area contributed by atoms with E-state index in [2.05, 4.69) is 44.4 Å². The lowest BCUT2D eigenvalue weighted by atomic mass is 9.99. The zero-order valence-corrected chi connectivity index (χ0v) is 26.1. The number of nitrogens with zero attached hydrogens (tertiary/aromatic N) is 6. The molecule has 3 aromatic heterocycles. The van der Waals surface area contributed by atoms with Gasteiger partial charge in [-0.25, -0.2) is 9.97 Å². The van der Waals surface area contributed by atoms with Crippen LogP contribution in [0.2, 0.25) is 5.02 Å². The number of nitrogens with one attached hydrogen (secondary N) is 2. The van der Waals surface area contributed by atoms with Gasteiger partial charge < -0.3 is 20.1 Å². The first kappa shape index (κ1) is 30.5. The molecule has 0 radical (unpaired) electrons. The van der Waals surface area contributed by atoms with Crippen LogP contribution >= 0.6 is 11.6 Å². The second kappa shape index (κ2) is 13.1. The molecule has 5 aromatic rings. The number of pyridine rings is 1. The Hall–Kier alpha value is -4.96. The van der Waals surface area contributed by atoms with Crippen LogP contribution < -0.4 is 15.5 Å². The maximum atomic E-state index is 13.7. The molecule has 10 nitrogen and oxygen atoms in total. The van der Waals surface area contributed by atoms with Gasteiger partial charge in [-0.3, -0.25) is 14.3 Å². The summed E-state index contributed by atoms with van der Waals surface area (Å²) in [4.78, 5) is 37.7. The first-order valence-electron chi connectivity index (χ1n) is 14.2. The average molecular weight is 611 g/mol. The van der Waals surface area contributed by atoms with E-state index in [1.54, 1.807) is 31.8 Å². The van der Waals surface area contributed by atoms with E-state index in [1.165, 1.54) is 10.9 Å². The molecule has 226 valence electrons. The lowest BCUT2D eigenvalue weighted by molar-refractivity contribution is -0.118. The molecule has 0 fully saturated rings. The highest BCUT2D eigenvalue weighted by Gasteiger charge is 2.25. The molecule has 0 bridgehead atoms. The number of amides is 2. The summed E-state index contributed by atoms with van der Waals surface area (Å²) in [5.74, 6) is 0.0589. The van der Waals surface area contributed by atoms with Gasteiger partial charge in [-0.05, 0) is 78.6 Å². The van der Waals surface area contributed by atoms with Crippen molar-refractivity contribution in [1.82, 2.24) is 29.6 Å². The van der Waals surface area contributed by atoms with Gasteiger partial charge in [-0.2, -0.15) is 5.10 Å². The standard InChI is InChI=1S/C33H35ClN8O2/c1-21(2)41(4)31-18-24(12-14-36-31)23-8-11-27(34)25(16-23)17-28(39-33(44)29-13-15-37-42(29)5)32(43)38-26-9-6-22(7-10-26)30-19-35-20-40(30)3/h6-16,18-21,28H,17H2,1-5H3,(H,38,43)(H,39,44). The van der Waals surface area contributed by atoms with Crippen LogP contribution in [-0.4, -0.2) is 55.3 Å². The van der Waals surface area contributed by atoms with Gasteiger partial charge in [0.25, 0.3) is 5.91 Å². The molecule has 5 rings (SSSR count). The topological polar surface area (TPSA) is 110 Å². The largest absolute Gasteiger partial charge is 0.357 e. The highest BCUT2D eigenvalue weighted by atomic mass is 35.5. The zero-order chi connectivity index (χ0) is 31.4. The SMILES string of the molecule is CC(C)N(C)c1cc(-c2ccc(Cl)c(CC(NC(=O)c3ccnn3C)C(=O)Nc3ccc(-c4cncn4C)cc3)c2)ccn1. The molecule has 0 saturated heterocycles. The molecule has 0 spiro atoms. The number of imidazole rings is 1. The number of carbonyl (C=O) groups excluding carboxylic acids is 2. The molecule has 11 heteroatoms. The van der Waals surface area contributed by atoms with Gasteiger partial charge in [0, 0.05) is 56.7 Å². The Morgan fingerprint density at radius 1 is 0.955 bits per heavy atom. The third-order valence-corrected chi connectivity index (χ3v) is 7.99. The summed E-state index contributed by atoms with van der Waals surface area (Å²) >= 11 is 6.67. The van der Waals surface area contributed by atoms with Crippen LogP contribution in [0.15, 0.2) is 85.6 Å². The van der Waals surface area contributed by atoms with Crippen LogP contribution in [0.25, 0.3) is 22.4 Å². The van der Waals surface area contributed by atoms with Crippen molar-refractivity contribution in [1.29, 1.82) is 0 Å². The fraction of sp³-hybridized carbons (Fsp3) is 0.242. The number of hydrogen-bond acceptors (Lipinski definition) is 6. The molecular formula is C33H35ClN8O2. The van der Waals surface area contributed by atoms with Crippen LogP contribution in [0.1, 0.15) is 29.9 Å². The Bertz CT molecular complexity index is 1780. The van der Waals surface area contributed by atoms with Crippen molar-refractivity contribution in [2.24, 2.45) is 14.1 Å². The molecule has 1 unspecified atom stereocenters. The van der Waals surface area contributed by atoms with Gasteiger partial charge in [0.05, 0.1) is 18.2 Å². The van der Waals surface area contributed by atoms with E-state index >= 15 is 0 Å². The summed E-state index contributed by atoms with van der Waals surface area (Å²) in [6.07, 6.45) is 7.00. The average Bonchev–Trinajstić information content (AvgIpc) is 3.65. The van der Waals surface area contributed by atoms with Crippen LogP contribution in [0.4, 0.5) is 11.5 Å². The fourth-order valence-corrected chi connectivity index (χ4v) is 5.01. The van der Waals surface area contributed by atoms with Gasteiger partial charge in [0.2, 0.25) is 5.91 Å². The van der Waals surface area contributed by atoms with E-state index in [4.69, 9.17) is 11.6 Å². The molecule has 2 amide bonds. The van der Waals surface area contributed by atoms with Gasteiger partial charge in [0.1, 0.15) is 17.6 Å². The first-order valence-corrected chi connectivity index (χ1v) is 14.6. The quantitative estimate of drug-likeness (QED) is 0.220. The molecule has 0 aliphatic rings. The number of carbonyl (C=O) groups is 2. The Morgan fingerprint density at radius 2 is 1.68 bits per heavy atom. The summed E-state index contributed by atoms with van der Waals surface area (Å²) in [7, 11) is 5.60. The molecule has 2 aromatic carbocycles. The van der Waals surface area contributed by atoms with Crippen molar-refractivity contribution in [3.05, 3.63) is 102 Å². The monoisotopic (exact) mass is 610 g/mol. The highest BCUT2D eigenvalue weighted by molar-refractivity contribution is 6.31. The molecule has 3 heterocycles. The number of rotatable bonds is 10. The van der Waals surface area contributed by atoms with Crippen molar-refractivity contribution in [2.45, 2.75) is 32.4 Å².